The molecule has 0 aliphatic carbocycles. The average molecular weight is 417 g/mol. The minimum atomic E-state index is -3.06. The third-order valence-electron chi connectivity index (χ3n) is 3.88. The summed E-state index contributed by atoms with van der Waals surface area (Å²) < 4.78 is 29.5. The Hall–Kier alpha value is -3.45. The molecule has 8 heteroatoms. The predicted molar refractivity (Wildman–Crippen MR) is 107 cm³/mol. The maximum Gasteiger partial charge on any atom is 0.387 e. The molecule has 0 radical (unpaired) electrons. The van der Waals surface area contributed by atoms with Crippen molar-refractivity contribution in [1.29, 1.82) is 0 Å². The van der Waals surface area contributed by atoms with Gasteiger partial charge in [0.25, 0.3) is 11.8 Å². The van der Waals surface area contributed by atoms with Gasteiger partial charge in [0.15, 0.2) is 0 Å². The van der Waals surface area contributed by atoms with E-state index in [1.165, 1.54) is 24.3 Å². The van der Waals surface area contributed by atoms with Gasteiger partial charge in [-0.2, -0.15) is 8.78 Å². The summed E-state index contributed by atoms with van der Waals surface area (Å²) in [4.78, 5) is 25.0. The second-order valence-corrected chi connectivity index (χ2v) is 6.27. The van der Waals surface area contributed by atoms with E-state index in [1.807, 2.05) is 0 Å². The van der Waals surface area contributed by atoms with Crippen LogP contribution < -0.4 is 15.4 Å². The number of para-hydroxylation sites is 3. The molecule has 148 valence electrons. The van der Waals surface area contributed by atoms with Crippen LogP contribution in [0, 0.1) is 0 Å². The second-order valence-electron chi connectivity index (χ2n) is 5.84. The van der Waals surface area contributed by atoms with Crippen molar-refractivity contribution in [3.63, 3.8) is 0 Å². The Kier molecular flexibility index (Phi) is 6.41. The number of nitrogens with one attached hydrogen (secondary N) is 2. The highest BCUT2D eigenvalue weighted by Gasteiger charge is 2.17. The molecule has 5 nitrogen and oxygen atoms in total. The zero-order valence-electron chi connectivity index (χ0n) is 14.9. The third kappa shape index (κ3) is 5.30. The molecule has 2 N–H and O–H groups in total. The Balaban J connectivity index is 1.80. The molecular weight excluding hydrogens is 402 g/mol. The molecule has 0 unspecified atom stereocenters. The van der Waals surface area contributed by atoms with Gasteiger partial charge in [0.1, 0.15) is 5.75 Å². The standard InChI is InChI=1S/C21H15ClF2N2O3/c22-14-11-9-13(10-12-14)19(27)25-16-6-2-3-7-17(16)26-20(28)15-5-1-4-8-18(15)29-21(23)24/h1-12,21H,(H,25,27)(H,26,28). The number of ether oxygens (including phenoxy) is 1. The molecule has 0 heterocycles. The molecule has 0 saturated heterocycles. The summed E-state index contributed by atoms with van der Waals surface area (Å²) in [5.74, 6) is -1.30. The van der Waals surface area contributed by atoms with Crippen molar-refractivity contribution in [2.75, 3.05) is 10.6 Å². The lowest BCUT2D eigenvalue weighted by Crippen LogP contribution is -2.18. The van der Waals surface area contributed by atoms with E-state index < -0.39 is 18.4 Å². The van der Waals surface area contributed by atoms with Crippen molar-refractivity contribution in [2.24, 2.45) is 0 Å². The average Bonchev–Trinajstić information content (AvgIpc) is 2.70. The van der Waals surface area contributed by atoms with Crippen molar-refractivity contribution in [1.82, 2.24) is 0 Å². The molecular formula is C21H15ClF2N2O3. The summed E-state index contributed by atoms with van der Waals surface area (Å²) in [5, 5.41) is 5.81. The molecule has 3 rings (SSSR count). The smallest absolute Gasteiger partial charge is 0.387 e. The number of halogens is 3. The van der Waals surface area contributed by atoms with Crippen molar-refractivity contribution >= 4 is 34.8 Å². The number of carbonyl (C=O) groups excluding carboxylic acids is 2. The van der Waals surface area contributed by atoms with E-state index in [9.17, 15) is 18.4 Å². The monoisotopic (exact) mass is 416 g/mol. The Bertz CT molecular complexity index is 1030. The highest BCUT2D eigenvalue weighted by molar-refractivity contribution is 6.30. The molecule has 0 fully saturated rings. The lowest BCUT2D eigenvalue weighted by molar-refractivity contribution is -0.0501. The number of anilines is 2. The summed E-state index contributed by atoms with van der Waals surface area (Å²) in [6.07, 6.45) is 0. The summed E-state index contributed by atoms with van der Waals surface area (Å²) in [6.45, 7) is -3.06. The normalized spacial score (nSPS) is 10.5. The molecule has 0 saturated carbocycles. The Morgan fingerprint density at radius 2 is 1.34 bits per heavy atom. The maximum absolute atomic E-state index is 12.6. The number of hydrogen-bond acceptors (Lipinski definition) is 3. The first-order valence-electron chi connectivity index (χ1n) is 8.45. The quantitative estimate of drug-likeness (QED) is 0.561. The Morgan fingerprint density at radius 1 is 0.793 bits per heavy atom. The largest absolute Gasteiger partial charge is 0.434 e. The summed E-state index contributed by atoms with van der Waals surface area (Å²) >= 11 is 5.83. The molecule has 0 atom stereocenters. The highest BCUT2D eigenvalue weighted by atomic mass is 35.5. The van der Waals surface area contributed by atoms with Gasteiger partial charge in [0.2, 0.25) is 0 Å². The molecule has 0 aromatic heterocycles. The van der Waals surface area contributed by atoms with Crippen LogP contribution in [0.1, 0.15) is 20.7 Å². The van der Waals surface area contributed by atoms with Crippen LogP contribution in [0.5, 0.6) is 5.75 Å². The van der Waals surface area contributed by atoms with Crippen LogP contribution in [-0.2, 0) is 0 Å². The molecule has 0 bridgehead atoms. The number of hydrogen-bond donors (Lipinski definition) is 2. The molecule has 0 spiro atoms. The molecule has 3 aromatic carbocycles. The molecule has 0 aliphatic heterocycles. The van der Waals surface area contributed by atoms with Crippen LogP contribution in [0.4, 0.5) is 20.2 Å². The third-order valence-corrected chi connectivity index (χ3v) is 4.13. The Morgan fingerprint density at radius 3 is 1.97 bits per heavy atom. The number of carbonyl (C=O) groups is 2. The van der Waals surface area contributed by atoms with Crippen LogP contribution in [0.3, 0.4) is 0 Å². The van der Waals surface area contributed by atoms with E-state index in [2.05, 4.69) is 15.4 Å². The number of alkyl halides is 2. The van der Waals surface area contributed by atoms with Gasteiger partial charge in [-0.25, -0.2) is 0 Å². The van der Waals surface area contributed by atoms with Gasteiger partial charge in [-0.1, -0.05) is 35.9 Å². The summed E-state index contributed by atoms with van der Waals surface area (Å²) in [6, 6.07) is 18.5. The van der Waals surface area contributed by atoms with Gasteiger partial charge in [-0.3, -0.25) is 9.59 Å². The second kappa shape index (κ2) is 9.16. The van der Waals surface area contributed by atoms with Gasteiger partial charge in [-0.05, 0) is 48.5 Å². The van der Waals surface area contributed by atoms with Gasteiger partial charge in [0, 0.05) is 10.6 Å². The minimum absolute atomic E-state index is 0.0633. The first kappa shape index (κ1) is 20.3. The maximum atomic E-state index is 12.6. The van der Waals surface area contributed by atoms with Gasteiger partial charge >= 0.3 is 6.61 Å². The summed E-state index contributed by atoms with van der Waals surface area (Å²) in [7, 11) is 0. The van der Waals surface area contributed by atoms with Crippen LogP contribution in [0.2, 0.25) is 5.02 Å². The summed E-state index contributed by atoms with van der Waals surface area (Å²) in [5.41, 5.74) is 0.956. The predicted octanol–water partition coefficient (Wildman–Crippen LogP) is 5.45. The highest BCUT2D eigenvalue weighted by Crippen LogP contribution is 2.26. The fourth-order valence-corrected chi connectivity index (χ4v) is 2.67. The van der Waals surface area contributed by atoms with E-state index in [4.69, 9.17) is 11.6 Å². The van der Waals surface area contributed by atoms with Crippen molar-refractivity contribution in [3.8, 4) is 5.75 Å². The molecule has 29 heavy (non-hydrogen) atoms. The SMILES string of the molecule is O=C(Nc1ccccc1NC(=O)c1ccccc1OC(F)F)c1ccc(Cl)cc1. The van der Waals surface area contributed by atoms with Crippen LogP contribution >= 0.6 is 11.6 Å². The van der Waals surface area contributed by atoms with Gasteiger partial charge in [-0.15, -0.1) is 0 Å². The van der Waals surface area contributed by atoms with E-state index in [-0.39, 0.29) is 11.3 Å². The number of amides is 2. The molecule has 0 aliphatic rings. The number of benzene rings is 3. The van der Waals surface area contributed by atoms with Crippen LogP contribution in [0.25, 0.3) is 0 Å². The van der Waals surface area contributed by atoms with Crippen molar-refractivity contribution < 1.29 is 23.1 Å². The first-order chi connectivity index (χ1) is 13.9. The molecule has 3 aromatic rings. The van der Waals surface area contributed by atoms with E-state index in [1.54, 1.807) is 48.5 Å². The Labute approximate surface area is 170 Å². The minimum Gasteiger partial charge on any atom is -0.434 e. The zero-order valence-corrected chi connectivity index (χ0v) is 15.6. The topological polar surface area (TPSA) is 67.4 Å². The van der Waals surface area contributed by atoms with Crippen LogP contribution in [0.15, 0.2) is 72.8 Å². The fourth-order valence-electron chi connectivity index (χ4n) is 2.54. The molecule has 2 amide bonds. The lowest BCUT2D eigenvalue weighted by atomic mass is 10.1. The first-order valence-corrected chi connectivity index (χ1v) is 8.83. The van der Waals surface area contributed by atoms with Crippen molar-refractivity contribution in [3.05, 3.63) is 88.9 Å². The van der Waals surface area contributed by atoms with Gasteiger partial charge in [0.05, 0.1) is 16.9 Å². The van der Waals surface area contributed by atoms with Gasteiger partial charge < -0.3 is 15.4 Å². The van der Waals surface area contributed by atoms with E-state index in [0.717, 1.165) is 0 Å². The lowest BCUT2D eigenvalue weighted by Gasteiger charge is -2.14. The van der Waals surface area contributed by atoms with Crippen molar-refractivity contribution in [2.45, 2.75) is 6.61 Å². The number of rotatable bonds is 6. The van der Waals surface area contributed by atoms with E-state index >= 15 is 0 Å². The zero-order chi connectivity index (χ0) is 20.8. The fraction of sp³-hybridized carbons (Fsp3) is 0.0476. The van der Waals surface area contributed by atoms with E-state index in [0.29, 0.717) is 22.0 Å². The van der Waals surface area contributed by atoms with Crippen LogP contribution in [-0.4, -0.2) is 18.4 Å².